The van der Waals surface area contributed by atoms with Crippen LogP contribution in [0.3, 0.4) is 0 Å². The fraction of sp³-hybridized carbons (Fsp3) is 0.350. The molecule has 130 valence electrons. The van der Waals surface area contributed by atoms with Gasteiger partial charge in [-0.15, -0.1) is 11.8 Å². The van der Waals surface area contributed by atoms with E-state index in [2.05, 4.69) is 11.0 Å². The molecule has 2 nitrogen and oxygen atoms in total. The van der Waals surface area contributed by atoms with E-state index in [1.165, 1.54) is 18.4 Å². The summed E-state index contributed by atoms with van der Waals surface area (Å²) in [5.41, 5.74) is 2.31. The molecule has 1 saturated heterocycles. The van der Waals surface area contributed by atoms with Crippen LogP contribution in [-0.4, -0.2) is 23.1 Å². The Kier molecular flexibility index (Phi) is 4.99. The zero-order chi connectivity index (χ0) is 17.4. The number of hydrogen-bond acceptors (Lipinski definition) is 2. The Balaban J connectivity index is 1.74. The minimum Gasteiger partial charge on any atom is -0.333 e. The molecule has 25 heavy (non-hydrogen) atoms. The minimum absolute atomic E-state index is 0.0163. The first-order valence-corrected chi connectivity index (χ1v) is 10.3. The molecule has 0 radical (unpaired) electrons. The fourth-order valence-electron chi connectivity index (χ4n) is 3.42. The van der Waals surface area contributed by atoms with Crippen molar-refractivity contribution >= 4 is 40.9 Å². The van der Waals surface area contributed by atoms with E-state index in [1.807, 2.05) is 42.5 Å². The van der Waals surface area contributed by atoms with Crippen molar-refractivity contribution in [2.45, 2.75) is 24.1 Å². The van der Waals surface area contributed by atoms with E-state index in [0.29, 0.717) is 16.7 Å². The van der Waals surface area contributed by atoms with Crippen LogP contribution >= 0.6 is 35.0 Å². The van der Waals surface area contributed by atoms with Crippen molar-refractivity contribution in [3.8, 4) is 0 Å². The molecule has 1 saturated carbocycles. The number of carbonyl (C=O) groups excluding carboxylic acids is 1. The van der Waals surface area contributed by atoms with E-state index in [-0.39, 0.29) is 17.2 Å². The zero-order valence-corrected chi connectivity index (χ0v) is 16.0. The van der Waals surface area contributed by atoms with Gasteiger partial charge in [0.1, 0.15) is 0 Å². The van der Waals surface area contributed by atoms with E-state index in [4.69, 9.17) is 23.2 Å². The molecule has 2 aromatic carbocycles. The summed E-state index contributed by atoms with van der Waals surface area (Å²) < 4.78 is 0. The first-order valence-electron chi connectivity index (χ1n) is 8.54. The van der Waals surface area contributed by atoms with Gasteiger partial charge in [0, 0.05) is 16.6 Å². The zero-order valence-electron chi connectivity index (χ0n) is 13.7. The number of hydrogen-bond donors (Lipinski definition) is 0. The maximum absolute atomic E-state index is 12.7. The van der Waals surface area contributed by atoms with Crippen molar-refractivity contribution < 1.29 is 4.79 Å². The molecule has 1 heterocycles. The van der Waals surface area contributed by atoms with E-state index in [9.17, 15) is 4.79 Å². The number of amides is 1. The van der Waals surface area contributed by atoms with Gasteiger partial charge in [-0.3, -0.25) is 4.79 Å². The molecule has 5 heteroatoms. The SMILES string of the molecule is O=C1CS[C@@H](c2cccc(Cl)c2)[C@@H](c2ccc(Cl)cc2)N1CC1CC1. The van der Waals surface area contributed by atoms with Crippen molar-refractivity contribution in [3.63, 3.8) is 0 Å². The predicted octanol–water partition coefficient (Wildman–Crippen LogP) is 5.76. The molecule has 2 aromatic rings. The van der Waals surface area contributed by atoms with Gasteiger partial charge in [-0.2, -0.15) is 0 Å². The van der Waals surface area contributed by atoms with Crippen LogP contribution in [-0.2, 0) is 4.79 Å². The Morgan fingerprint density at radius 2 is 1.76 bits per heavy atom. The standard InChI is InChI=1S/C20H19Cl2NOS/c21-16-8-6-14(7-9-16)19-20(15-2-1-3-17(22)10-15)25-12-18(24)23(19)11-13-4-5-13/h1-3,6-10,13,19-20H,4-5,11-12H2/t19-,20+/m1/s1. The number of thioether (sulfide) groups is 1. The molecule has 0 aromatic heterocycles. The van der Waals surface area contributed by atoms with Crippen molar-refractivity contribution in [1.29, 1.82) is 0 Å². The maximum Gasteiger partial charge on any atom is 0.233 e. The van der Waals surface area contributed by atoms with Gasteiger partial charge < -0.3 is 4.90 Å². The molecule has 2 aliphatic rings. The molecule has 1 aliphatic carbocycles. The van der Waals surface area contributed by atoms with E-state index in [1.54, 1.807) is 11.8 Å². The number of benzene rings is 2. The Morgan fingerprint density at radius 3 is 2.44 bits per heavy atom. The highest BCUT2D eigenvalue weighted by molar-refractivity contribution is 8.00. The van der Waals surface area contributed by atoms with Gasteiger partial charge in [-0.1, -0.05) is 47.5 Å². The molecular formula is C20H19Cl2NOS. The van der Waals surface area contributed by atoms with Crippen LogP contribution in [0.4, 0.5) is 0 Å². The van der Waals surface area contributed by atoms with Crippen LogP contribution in [0, 0.1) is 5.92 Å². The Labute approximate surface area is 162 Å². The lowest BCUT2D eigenvalue weighted by Gasteiger charge is -2.41. The average Bonchev–Trinajstić information content (AvgIpc) is 3.42. The summed E-state index contributed by atoms with van der Waals surface area (Å²) in [6.45, 7) is 0.851. The van der Waals surface area contributed by atoms with E-state index in [0.717, 1.165) is 17.1 Å². The maximum atomic E-state index is 12.7. The summed E-state index contributed by atoms with van der Waals surface area (Å²) in [5.74, 6) is 1.41. The van der Waals surface area contributed by atoms with E-state index < -0.39 is 0 Å². The van der Waals surface area contributed by atoms with Gasteiger partial charge in [0.25, 0.3) is 0 Å². The lowest BCUT2D eigenvalue weighted by atomic mass is 9.96. The van der Waals surface area contributed by atoms with Crippen molar-refractivity contribution in [2.24, 2.45) is 5.92 Å². The first-order chi connectivity index (χ1) is 12.1. The lowest BCUT2D eigenvalue weighted by molar-refractivity contribution is -0.131. The Morgan fingerprint density at radius 1 is 1.00 bits per heavy atom. The van der Waals surface area contributed by atoms with Crippen LogP contribution in [0.25, 0.3) is 0 Å². The molecular weight excluding hydrogens is 373 g/mol. The largest absolute Gasteiger partial charge is 0.333 e. The summed E-state index contributed by atoms with van der Waals surface area (Å²) in [4.78, 5) is 14.8. The lowest BCUT2D eigenvalue weighted by Crippen LogP contribution is -2.43. The van der Waals surface area contributed by atoms with Crippen LogP contribution < -0.4 is 0 Å². The summed E-state index contributed by atoms with van der Waals surface area (Å²) in [5, 5.41) is 1.63. The van der Waals surface area contributed by atoms with Gasteiger partial charge in [0.2, 0.25) is 5.91 Å². The number of nitrogens with zero attached hydrogens (tertiary/aromatic N) is 1. The number of rotatable bonds is 4. The summed E-state index contributed by atoms with van der Waals surface area (Å²) in [6.07, 6.45) is 2.46. The van der Waals surface area contributed by atoms with Gasteiger partial charge in [-0.25, -0.2) is 0 Å². The van der Waals surface area contributed by atoms with Gasteiger partial charge in [-0.05, 0) is 54.2 Å². The summed E-state index contributed by atoms with van der Waals surface area (Å²) in [7, 11) is 0. The molecule has 0 spiro atoms. The van der Waals surface area contributed by atoms with Crippen LogP contribution in [0.5, 0.6) is 0 Å². The van der Waals surface area contributed by atoms with Gasteiger partial charge in [0.05, 0.1) is 17.0 Å². The number of carbonyl (C=O) groups is 1. The fourth-order valence-corrected chi connectivity index (χ4v) is 5.06. The molecule has 1 amide bonds. The highest BCUT2D eigenvalue weighted by atomic mass is 35.5. The molecule has 4 rings (SSSR count). The highest BCUT2D eigenvalue weighted by Gasteiger charge is 2.40. The molecule has 0 bridgehead atoms. The summed E-state index contributed by atoms with van der Waals surface area (Å²) in [6, 6.07) is 15.9. The molecule has 1 aliphatic heterocycles. The predicted molar refractivity (Wildman–Crippen MR) is 105 cm³/mol. The minimum atomic E-state index is 0.0163. The smallest absolute Gasteiger partial charge is 0.233 e. The van der Waals surface area contributed by atoms with Crippen molar-refractivity contribution in [1.82, 2.24) is 4.90 Å². The Bertz CT molecular complexity index is 776. The van der Waals surface area contributed by atoms with Crippen LogP contribution in [0.1, 0.15) is 35.3 Å². The second-order valence-electron chi connectivity index (χ2n) is 6.77. The van der Waals surface area contributed by atoms with Crippen molar-refractivity contribution in [3.05, 3.63) is 69.7 Å². The first kappa shape index (κ1) is 17.3. The normalized spacial score (nSPS) is 23.8. The van der Waals surface area contributed by atoms with Gasteiger partial charge in [0.15, 0.2) is 0 Å². The topological polar surface area (TPSA) is 20.3 Å². The third-order valence-electron chi connectivity index (χ3n) is 4.87. The number of halogens is 2. The average molecular weight is 392 g/mol. The molecule has 0 unspecified atom stereocenters. The molecule has 0 N–H and O–H groups in total. The second-order valence-corrected chi connectivity index (χ2v) is 8.78. The Hall–Kier alpha value is -1.16. The summed E-state index contributed by atoms with van der Waals surface area (Å²) >= 11 is 14.0. The highest BCUT2D eigenvalue weighted by Crippen LogP contribution is 2.49. The van der Waals surface area contributed by atoms with E-state index >= 15 is 0 Å². The third-order valence-corrected chi connectivity index (χ3v) is 6.66. The second kappa shape index (κ2) is 7.22. The third kappa shape index (κ3) is 3.84. The molecule has 2 fully saturated rings. The molecule has 2 atom stereocenters. The van der Waals surface area contributed by atoms with Crippen molar-refractivity contribution in [2.75, 3.05) is 12.3 Å². The monoisotopic (exact) mass is 391 g/mol. The van der Waals surface area contributed by atoms with Crippen LogP contribution in [0.2, 0.25) is 10.0 Å². The quantitative estimate of drug-likeness (QED) is 0.659. The van der Waals surface area contributed by atoms with Crippen LogP contribution in [0.15, 0.2) is 48.5 Å². The van der Waals surface area contributed by atoms with Gasteiger partial charge >= 0.3 is 0 Å².